The van der Waals surface area contributed by atoms with Gasteiger partial charge in [-0.05, 0) is 25.2 Å². The fourth-order valence-corrected chi connectivity index (χ4v) is 2.49. The van der Waals surface area contributed by atoms with Crippen LogP contribution in [0.4, 0.5) is 0 Å². The zero-order chi connectivity index (χ0) is 9.47. The molecule has 0 radical (unpaired) electrons. The van der Waals surface area contributed by atoms with E-state index in [4.69, 9.17) is 0 Å². The highest BCUT2D eigenvalue weighted by molar-refractivity contribution is 8.00. The summed E-state index contributed by atoms with van der Waals surface area (Å²) in [4.78, 5) is 0. The smallest absolute Gasteiger partial charge is 0.110 e. The first kappa shape index (κ1) is 9.09. The van der Waals surface area contributed by atoms with Crippen LogP contribution in [-0.4, -0.2) is 25.9 Å². The predicted molar refractivity (Wildman–Crippen MR) is 53.6 cm³/mol. The van der Waals surface area contributed by atoms with Gasteiger partial charge in [-0.15, -0.1) is 0 Å². The lowest BCUT2D eigenvalue weighted by Crippen LogP contribution is -2.18. The molecular weight excluding hydrogens is 184 g/mol. The second-order valence-electron chi connectivity index (χ2n) is 3.55. The molecule has 1 aliphatic rings. The Bertz CT molecular complexity index is 306. The lowest BCUT2D eigenvalue weighted by Gasteiger charge is -2.19. The van der Waals surface area contributed by atoms with Crippen LogP contribution >= 0.6 is 11.8 Å². The molecule has 72 valence electrons. The first-order chi connectivity index (χ1) is 6.19. The monoisotopic (exact) mass is 198 g/mol. The maximum Gasteiger partial charge on any atom is 0.110 e. The van der Waals surface area contributed by atoms with Crippen LogP contribution in [0.1, 0.15) is 24.6 Å². The number of aliphatic hydroxyl groups is 1. The SMILES string of the molecule is CSC1(C(O)c2ccnn2C)CC1. The van der Waals surface area contributed by atoms with Crippen molar-refractivity contribution >= 4 is 11.8 Å². The van der Waals surface area contributed by atoms with E-state index >= 15 is 0 Å². The van der Waals surface area contributed by atoms with Crippen LogP contribution in [0.2, 0.25) is 0 Å². The van der Waals surface area contributed by atoms with Gasteiger partial charge in [0.1, 0.15) is 6.10 Å². The molecule has 3 nitrogen and oxygen atoms in total. The van der Waals surface area contributed by atoms with Gasteiger partial charge in [-0.2, -0.15) is 16.9 Å². The third kappa shape index (κ3) is 1.38. The third-order valence-electron chi connectivity index (χ3n) is 2.79. The molecule has 1 heterocycles. The van der Waals surface area contributed by atoms with Gasteiger partial charge in [0.25, 0.3) is 0 Å². The Morgan fingerprint density at radius 3 is 2.77 bits per heavy atom. The van der Waals surface area contributed by atoms with Gasteiger partial charge in [0.05, 0.1) is 5.69 Å². The van der Waals surface area contributed by atoms with Gasteiger partial charge < -0.3 is 5.11 Å². The van der Waals surface area contributed by atoms with E-state index in [2.05, 4.69) is 11.4 Å². The quantitative estimate of drug-likeness (QED) is 0.796. The van der Waals surface area contributed by atoms with Crippen molar-refractivity contribution in [1.29, 1.82) is 0 Å². The summed E-state index contributed by atoms with van der Waals surface area (Å²) < 4.78 is 1.83. The van der Waals surface area contributed by atoms with Crippen molar-refractivity contribution < 1.29 is 5.11 Å². The molecule has 13 heavy (non-hydrogen) atoms. The van der Waals surface area contributed by atoms with Crippen LogP contribution in [0.5, 0.6) is 0 Å². The highest BCUT2D eigenvalue weighted by atomic mass is 32.2. The summed E-state index contributed by atoms with van der Waals surface area (Å²) in [5.74, 6) is 0. The average molecular weight is 198 g/mol. The first-order valence-corrected chi connectivity index (χ1v) is 5.63. The largest absolute Gasteiger partial charge is 0.385 e. The van der Waals surface area contributed by atoms with Crippen LogP contribution in [0.15, 0.2) is 12.3 Å². The minimum atomic E-state index is -0.366. The van der Waals surface area contributed by atoms with Crippen LogP contribution < -0.4 is 0 Å². The molecule has 0 saturated heterocycles. The number of thioether (sulfide) groups is 1. The highest BCUT2D eigenvalue weighted by Crippen LogP contribution is 2.55. The lowest BCUT2D eigenvalue weighted by atomic mass is 10.1. The summed E-state index contributed by atoms with van der Waals surface area (Å²) in [5, 5.41) is 14.2. The normalized spacial score (nSPS) is 21.5. The Balaban J connectivity index is 2.22. The Morgan fingerprint density at radius 1 is 1.69 bits per heavy atom. The van der Waals surface area contributed by atoms with Gasteiger partial charge in [-0.3, -0.25) is 4.68 Å². The van der Waals surface area contributed by atoms with Crippen molar-refractivity contribution in [3.05, 3.63) is 18.0 Å². The summed E-state index contributed by atoms with van der Waals surface area (Å²) in [5.41, 5.74) is 0.923. The van der Waals surface area contributed by atoms with E-state index in [9.17, 15) is 5.11 Å². The number of aromatic nitrogens is 2. The average Bonchev–Trinajstić information content (AvgIpc) is 2.83. The Morgan fingerprint density at radius 2 is 2.38 bits per heavy atom. The van der Waals surface area contributed by atoms with Crippen LogP contribution in [0.3, 0.4) is 0 Å². The molecule has 0 bridgehead atoms. The molecule has 1 aliphatic carbocycles. The summed E-state index contributed by atoms with van der Waals surface area (Å²) in [7, 11) is 1.87. The van der Waals surface area contributed by atoms with Crippen molar-refractivity contribution in [3.8, 4) is 0 Å². The maximum atomic E-state index is 10.1. The van der Waals surface area contributed by atoms with E-state index in [0.717, 1.165) is 18.5 Å². The second-order valence-corrected chi connectivity index (χ2v) is 4.77. The van der Waals surface area contributed by atoms with Gasteiger partial charge in [-0.25, -0.2) is 0 Å². The van der Waals surface area contributed by atoms with E-state index in [1.807, 2.05) is 13.1 Å². The fraction of sp³-hybridized carbons (Fsp3) is 0.667. The zero-order valence-corrected chi connectivity index (χ0v) is 8.71. The molecule has 1 atom stereocenters. The second kappa shape index (κ2) is 3.03. The number of aliphatic hydroxyl groups excluding tert-OH is 1. The fourth-order valence-electron chi connectivity index (χ4n) is 1.63. The molecule has 1 saturated carbocycles. The Kier molecular flexibility index (Phi) is 2.12. The predicted octanol–water partition coefficient (Wildman–Crippen LogP) is 1.35. The molecule has 1 fully saturated rings. The molecule has 4 heteroatoms. The van der Waals surface area contributed by atoms with Crippen LogP contribution in [0.25, 0.3) is 0 Å². The lowest BCUT2D eigenvalue weighted by molar-refractivity contribution is 0.157. The highest BCUT2D eigenvalue weighted by Gasteiger charge is 2.49. The maximum absolute atomic E-state index is 10.1. The van der Waals surface area contributed by atoms with Crippen molar-refractivity contribution in [2.24, 2.45) is 7.05 Å². The van der Waals surface area contributed by atoms with E-state index in [1.165, 1.54) is 0 Å². The van der Waals surface area contributed by atoms with E-state index in [0.29, 0.717) is 0 Å². The zero-order valence-electron chi connectivity index (χ0n) is 7.90. The van der Waals surface area contributed by atoms with Gasteiger partial charge in [0.2, 0.25) is 0 Å². The summed E-state index contributed by atoms with van der Waals surface area (Å²) in [6.07, 6.45) is 5.65. The van der Waals surface area contributed by atoms with Crippen LogP contribution in [0, 0.1) is 0 Å². The van der Waals surface area contributed by atoms with Crippen molar-refractivity contribution in [3.63, 3.8) is 0 Å². The minimum Gasteiger partial charge on any atom is -0.385 e. The van der Waals surface area contributed by atoms with Crippen LogP contribution in [-0.2, 0) is 7.05 Å². The summed E-state index contributed by atoms with van der Waals surface area (Å²) in [6.45, 7) is 0. The van der Waals surface area contributed by atoms with Gasteiger partial charge >= 0.3 is 0 Å². The Labute approximate surface area is 82.1 Å². The van der Waals surface area contributed by atoms with Crippen molar-refractivity contribution in [1.82, 2.24) is 9.78 Å². The first-order valence-electron chi connectivity index (χ1n) is 4.41. The molecule has 0 aliphatic heterocycles. The van der Waals surface area contributed by atoms with Gasteiger partial charge in [0.15, 0.2) is 0 Å². The number of hydrogen-bond donors (Lipinski definition) is 1. The number of aryl methyl sites for hydroxylation is 1. The minimum absolute atomic E-state index is 0.0772. The molecule has 1 aromatic heterocycles. The molecule has 2 rings (SSSR count). The van der Waals surface area contributed by atoms with E-state index < -0.39 is 0 Å². The molecule has 1 aromatic rings. The third-order valence-corrected chi connectivity index (χ3v) is 4.23. The van der Waals surface area contributed by atoms with Gasteiger partial charge in [-0.1, -0.05) is 0 Å². The Hall–Kier alpha value is -0.480. The number of rotatable bonds is 3. The van der Waals surface area contributed by atoms with Crippen molar-refractivity contribution in [2.75, 3.05) is 6.26 Å². The number of nitrogens with zero attached hydrogens (tertiary/aromatic N) is 2. The summed E-state index contributed by atoms with van der Waals surface area (Å²) in [6, 6.07) is 1.89. The molecule has 0 aromatic carbocycles. The molecule has 1 unspecified atom stereocenters. The molecule has 1 N–H and O–H groups in total. The topological polar surface area (TPSA) is 38.1 Å². The standard InChI is InChI=1S/C9H14N2OS/c1-11-7(3-6-10-11)8(12)9(13-2)4-5-9/h3,6,8,12H,4-5H2,1-2H3. The summed E-state index contributed by atoms with van der Waals surface area (Å²) >= 11 is 1.76. The number of hydrogen-bond acceptors (Lipinski definition) is 3. The molecule has 0 amide bonds. The van der Waals surface area contributed by atoms with Crippen molar-refractivity contribution in [2.45, 2.75) is 23.7 Å². The molecule has 0 spiro atoms. The van der Waals surface area contributed by atoms with Gasteiger partial charge in [0, 0.05) is 18.0 Å². The van der Waals surface area contributed by atoms with E-state index in [-0.39, 0.29) is 10.9 Å². The van der Waals surface area contributed by atoms with E-state index in [1.54, 1.807) is 22.6 Å². The molecular formula is C9H14N2OS.